The van der Waals surface area contributed by atoms with Crippen LogP contribution in [0.5, 0.6) is 0 Å². The van der Waals surface area contributed by atoms with Gasteiger partial charge in [-0.15, -0.1) is 0 Å². The van der Waals surface area contributed by atoms with E-state index in [1.807, 2.05) is 26.8 Å². The predicted molar refractivity (Wildman–Crippen MR) is 69.1 cm³/mol. The number of ether oxygens (including phenoxy) is 2. The average Bonchev–Trinajstić information content (AvgIpc) is 2.26. The molecule has 0 bridgehead atoms. The average molecular weight is 252 g/mol. The fourth-order valence-corrected chi connectivity index (χ4v) is 2.09. The van der Waals surface area contributed by atoms with Crippen molar-refractivity contribution in [2.75, 3.05) is 20.3 Å². The largest absolute Gasteiger partial charge is 0.478 e. The Balaban J connectivity index is 2.97. The van der Waals surface area contributed by atoms with Crippen LogP contribution in [0.25, 0.3) is 0 Å². The molecule has 4 nitrogen and oxygen atoms in total. The van der Waals surface area contributed by atoms with Crippen LogP contribution in [-0.2, 0) is 16.1 Å². The molecule has 0 saturated heterocycles. The summed E-state index contributed by atoms with van der Waals surface area (Å²) in [5, 5.41) is 9.21. The molecule has 0 atom stereocenters. The molecule has 0 radical (unpaired) electrons. The van der Waals surface area contributed by atoms with E-state index in [0.717, 1.165) is 22.3 Å². The summed E-state index contributed by atoms with van der Waals surface area (Å²) in [6, 6.07) is 1.89. The molecule has 1 aromatic rings. The molecule has 0 unspecified atom stereocenters. The molecule has 0 amide bonds. The summed E-state index contributed by atoms with van der Waals surface area (Å²) in [6.45, 7) is 7.08. The first-order chi connectivity index (χ1) is 8.49. The van der Waals surface area contributed by atoms with Crippen LogP contribution in [0.3, 0.4) is 0 Å². The van der Waals surface area contributed by atoms with Crippen LogP contribution in [-0.4, -0.2) is 31.4 Å². The molecule has 0 aliphatic rings. The van der Waals surface area contributed by atoms with E-state index >= 15 is 0 Å². The van der Waals surface area contributed by atoms with Crippen molar-refractivity contribution >= 4 is 5.97 Å². The molecule has 18 heavy (non-hydrogen) atoms. The van der Waals surface area contributed by atoms with Gasteiger partial charge >= 0.3 is 5.97 Å². The molecule has 1 rings (SSSR count). The molecular formula is C14H20O4. The number of aromatic carboxylic acids is 1. The van der Waals surface area contributed by atoms with Crippen molar-refractivity contribution in [1.82, 2.24) is 0 Å². The van der Waals surface area contributed by atoms with E-state index in [1.54, 1.807) is 7.11 Å². The number of methoxy groups -OCH3 is 1. The number of hydrogen-bond acceptors (Lipinski definition) is 3. The van der Waals surface area contributed by atoms with E-state index < -0.39 is 5.97 Å². The van der Waals surface area contributed by atoms with Gasteiger partial charge in [0.15, 0.2) is 0 Å². The molecular weight excluding hydrogens is 232 g/mol. The molecule has 100 valence electrons. The summed E-state index contributed by atoms with van der Waals surface area (Å²) in [6.07, 6.45) is 0. The number of benzene rings is 1. The topological polar surface area (TPSA) is 55.8 Å². The fourth-order valence-electron chi connectivity index (χ4n) is 2.09. The third-order valence-electron chi connectivity index (χ3n) is 3.02. The van der Waals surface area contributed by atoms with Crippen LogP contribution < -0.4 is 0 Å². The van der Waals surface area contributed by atoms with Gasteiger partial charge in [0.1, 0.15) is 0 Å². The van der Waals surface area contributed by atoms with E-state index in [-0.39, 0.29) is 0 Å². The van der Waals surface area contributed by atoms with E-state index in [1.165, 1.54) is 0 Å². The molecule has 0 fully saturated rings. The van der Waals surface area contributed by atoms with E-state index in [0.29, 0.717) is 25.4 Å². The summed E-state index contributed by atoms with van der Waals surface area (Å²) in [7, 11) is 1.62. The number of carbonyl (C=O) groups is 1. The van der Waals surface area contributed by atoms with Gasteiger partial charge in [0.25, 0.3) is 0 Å². The first-order valence-electron chi connectivity index (χ1n) is 5.88. The Morgan fingerprint density at radius 2 is 1.89 bits per heavy atom. The van der Waals surface area contributed by atoms with E-state index in [4.69, 9.17) is 9.47 Å². The summed E-state index contributed by atoms with van der Waals surface area (Å²) < 4.78 is 10.4. The van der Waals surface area contributed by atoms with Crippen molar-refractivity contribution in [3.05, 3.63) is 33.9 Å². The fraction of sp³-hybridized carbons (Fsp3) is 0.500. The quantitative estimate of drug-likeness (QED) is 0.790. The SMILES string of the molecule is COCCOCc1c(C)cc(C)c(C(=O)O)c1C. The minimum atomic E-state index is -0.886. The van der Waals surface area contributed by atoms with Crippen LogP contribution in [0.15, 0.2) is 6.07 Å². The van der Waals surface area contributed by atoms with Crippen LogP contribution in [0, 0.1) is 20.8 Å². The van der Waals surface area contributed by atoms with E-state index in [2.05, 4.69) is 0 Å². The maximum atomic E-state index is 11.2. The third-order valence-corrected chi connectivity index (χ3v) is 3.02. The highest BCUT2D eigenvalue weighted by atomic mass is 16.5. The zero-order valence-corrected chi connectivity index (χ0v) is 11.4. The Kier molecular flexibility index (Phi) is 5.31. The molecule has 0 aromatic heterocycles. The Morgan fingerprint density at radius 3 is 2.44 bits per heavy atom. The van der Waals surface area contributed by atoms with Gasteiger partial charge in [-0.2, -0.15) is 0 Å². The van der Waals surface area contributed by atoms with Crippen LogP contribution in [0.4, 0.5) is 0 Å². The third kappa shape index (κ3) is 3.31. The van der Waals surface area contributed by atoms with Crippen LogP contribution >= 0.6 is 0 Å². The first kappa shape index (κ1) is 14.7. The Bertz CT molecular complexity index is 438. The van der Waals surface area contributed by atoms with Crippen molar-refractivity contribution in [1.29, 1.82) is 0 Å². The van der Waals surface area contributed by atoms with Gasteiger partial charge in [0.05, 0.1) is 25.4 Å². The van der Waals surface area contributed by atoms with Gasteiger partial charge in [-0.3, -0.25) is 0 Å². The number of carboxylic acid groups (broad SMARTS) is 1. The summed E-state index contributed by atoms with van der Waals surface area (Å²) in [5.74, 6) is -0.886. The number of carboxylic acids is 1. The second-order valence-electron chi connectivity index (χ2n) is 4.34. The second kappa shape index (κ2) is 6.52. The maximum Gasteiger partial charge on any atom is 0.336 e. The van der Waals surface area contributed by atoms with Gasteiger partial charge in [0.2, 0.25) is 0 Å². The van der Waals surface area contributed by atoms with Gasteiger partial charge < -0.3 is 14.6 Å². The molecule has 0 spiro atoms. The zero-order valence-electron chi connectivity index (χ0n) is 11.4. The van der Waals surface area contributed by atoms with Crippen molar-refractivity contribution in [3.8, 4) is 0 Å². The maximum absolute atomic E-state index is 11.2. The predicted octanol–water partition coefficient (Wildman–Crippen LogP) is 2.47. The number of hydrogen-bond donors (Lipinski definition) is 1. The molecule has 0 aliphatic heterocycles. The lowest BCUT2D eigenvalue weighted by molar-refractivity contribution is 0.0609. The summed E-state index contributed by atoms with van der Waals surface area (Å²) >= 11 is 0. The Hall–Kier alpha value is -1.39. The Morgan fingerprint density at radius 1 is 1.22 bits per heavy atom. The van der Waals surface area contributed by atoms with Gasteiger partial charge in [-0.25, -0.2) is 4.79 Å². The van der Waals surface area contributed by atoms with E-state index in [9.17, 15) is 9.90 Å². The lowest BCUT2D eigenvalue weighted by Gasteiger charge is -2.15. The summed E-state index contributed by atoms with van der Waals surface area (Å²) in [4.78, 5) is 11.2. The molecule has 0 saturated carbocycles. The van der Waals surface area contributed by atoms with Crippen LogP contribution in [0.2, 0.25) is 0 Å². The Labute approximate surface area is 108 Å². The molecule has 0 aliphatic carbocycles. The van der Waals surface area contributed by atoms with Crippen molar-refractivity contribution < 1.29 is 19.4 Å². The van der Waals surface area contributed by atoms with Crippen molar-refractivity contribution in [3.63, 3.8) is 0 Å². The molecule has 1 N–H and O–H groups in total. The lowest BCUT2D eigenvalue weighted by atomic mass is 9.94. The lowest BCUT2D eigenvalue weighted by Crippen LogP contribution is -2.10. The number of aryl methyl sites for hydroxylation is 2. The second-order valence-corrected chi connectivity index (χ2v) is 4.34. The molecule has 0 heterocycles. The van der Waals surface area contributed by atoms with Crippen LogP contribution in [0.1, 0.15) is 32.6 Å². The first-order valence-corrected chi connectivity index (χ1v) is 5.88. The molecule has 1 aromatic carbocycles. The highest BCUT2D eigenvalue weighted by Gasteiger charge is 2.16. The van der Waals surface area contributed by atoms with Gasteiger partial charge in [0, 0.05) is 7.11 Å². The normalized spacial score (nSPS) is 10.7. The summed E-state index contributed by atoms with van der Waals surface area (Å²) in [5.41, 5.74) is 3.98. The van der Waals surface area contributed by atoms with Crippen molar-refractivity contribution in [2.24, 2.45) is 0 Å². The molecule has 4 heteroatoms. The smallest absolute Gasteiger partial charge is 0.336 e. The van der Waals surface area contributed by atoms with Gasteiger partial charge in [-0.05, 0) is 43.0 Å². The standard InChI is InChI=1S/C14H20O4/c1-9-7-10(2)13(14(15)16)11(3)12(9)8-18-6-5-17-4/h7H,5-6,8H2,1-4H3,(H,15,16). The highest BCUT2D eigenvalue weighted by molar-refractivity contribution is 5.91. The number of rotatable bonds is 6. The van der Waals surface area contributed by atoms with Gasteiger partial charge in [-0.1, -0.05) is 6.07 Å². The minimum Gasteiger partial charge on any atom is -0.478 e. The minimum absolute atomic E-state index is 0.381. The highest BCUT2D eigenvalue weighted by Crippen LogP contribution is 2.23. The zero-order chi connectivity index (χ0) is 13.7. The monoisotopic (exact) mass is 252 g/mol. The van der Waals surface area contributed by atoms with Crippen molar-refractivity contribution in [2.45, 2.75) is 27.4 Å².